The average molecular weight is 331 g/mol. The lowest BCUT2D eigenvalue weighted by Gasteiger charge is -2.10. The molecule has 94 valence electrons. The number of ether oxygens (including phenoxy) is 1. The van der Waals surface area contributed by atoms with Gasteiger partial charge in [0, 0.05) is 27.7 Å². The number of nitrogens with zero attached hydrogens (tertiary/aromatic N) is 1. The zero-order valence-electron chi connectivity index (χ0n) is 9.37. The van der Waals surface area contributed by atoms with Crippen molar-refractivity contribution in [2.75, 3.05) is 0 Å². The highest BCUT2D eigenvalue weighted by atomic mass is 79.9. The van der Waals surface area contributed by atoms with Gasteiger partial charge in [-0.15, -0.1) is 0 Å². The highest BCUT2D eigenvalue weighted by Crippen LogP contribution is 2.25. The summed E-state index contributed by atoms with van der Waals surface area (Å²) >= 11 is 9.27. The summed E-state index contributed by atoms with van der Waals surface area (Å²) in [6.45, 7) is 0.270. The molecule has 0 saturated heterocycles. The minimum Gasteiger partial charge on any atom is -0.489 e. The van der Waals surface area contributed by atoms with Crippen molar-refractivity contribution in [3.63, 3.8) is 0 Å². The molecule has 0 radical (unpaired) electrons. The molecule has 18 heavy (non-hydrogen) atoms. The minimum absolute atomic E-state index is 0.270. The van der Waals surface area contributed by atoms with E-state index in [4.69, 9.17) is 16.3 Å². The molecule has 0 aliphatic carbocycles. The van der Waals surface area contributed by atoms with Crippen molar-refractivity contribution in [1.82, 2.24) is 4.98 Å². The van der Waals surface area contributed by atoms with Gasteiger partial charge in [-0.25, -0.2) is 4.39 Å². The Hall–Kier alpha value is -1.13. The monoisotopic (exact) mass is 329 g/mol. The molecule has 0 fully saturated rings. The molecule has 2 nitrogen and oxygen atoms in total. The van der Waals surface area contributed by atoms with Gasteiger partial charge in [-0.2, -0.15) is 0 Å². The van der Waals surface area contributed by atoms with Crippen LogP contribution in [0.3, 0.4) is 0 Å². The fourth-order valence-electron chi connectivity index (χ4n) is 1.49. The Morgan fingerprint density at radius 1 is 1.28 bits per heavy atom. The van der Waals surface area contributed by atoms with E-state index in [2.05, 4.69) is 20.9 Å². The van der Waals surface area contributed by atoms with E-state index < -0.39 is 0 Å². The lowest BCUT2D eigenvalue weighted by atomic mass is 10.2. The smallest absolute Gasteiger partial charge is 0.141 e. The maximum absolute atomic E-state index is 12.9. The standard InChI is InChI=1S/C13H10BrClFNO/c14-5-10-4-11(15)1-2-13(10)18-8-9-3-12(16)7-17-6-9/h1-4,6-7H,5,8H2. The third-order valence-electron chi connectivity index (χ3n) is 2.32. The first-order valence-electron chi connectivity index (χ1n) is 5.25. The van der Waals surface area contributed by atoms with Gasteiger partial charge < -0.3 is 4.74 Å². The van der Waals surface area contributed by atoms with Crippen molar-refractivity contribution in [2.24, 2.45) is 0 Å². The highest BCUT2D eigenvalue weighted by molar-refractivity contribution is 9.08. The topological polar surface area (TPSA) is 22.1 Å². The van der Waals surface area contributed by atoms with Crippen molar-refractivity contribution >= 4 is 27.5 Å². The summed E-state index contributed by atoms with van der Waals surface area (Å²) in [5.74, 6) is 0.355. The first-order valence-corrected chi connectivity index (χ1v) is 6.75. The molecule has 0 amide bonds. The van der Waals surface area contributed by atoms with Crippen molar-refractivity contribution in [2.45, 2.75) is 11.9 Å². The molecule has 1 aromatic heterocycles. The fraction of sp³-hybridized carbons (Fsp3) is 0.154. The van der Waals surface area contributed by atoms with E-state index in [1.54, 1.807) is 18.3 Å². The molecule has 2 rings (SSSR count). The molecule has 0 atom stereocenters. The molecular weight excluding hydrogens is 321 g/mol. The Bertz CT molecular complexity index is 550. The number of halogens is 3. The van der Waals surface area contributed by atoms with Gasteiger partial charge in [0.05, 0.1) is 6.20 Å². The Labute approximate surface area is 118 Å². The van der Waals surface area contributed by atoms with E-state index in [9.17, 15) is 4.39 Å². The molecule has 0 aliphatic rings. The molecule has 0 saturated carbocycles. The van der Waals surface area contributed by atoms with Crippen molar-refractivity contribution in [1.29, 1.82) is 0 Å². The largest absolute Gasteiger partial charge is 0.489 e. The van der Waals surface area contributed by atoms with E-state index in [0.29, 0.717) is 15.9 Å². The molecular formula is C13H10BrClFNO. The van der Waals surface area contributed by atoms with Crippen LogP contribution in [0.4, 0.5) is 4.39 Å². The maximum atomic E-state index is 12.9. The predicted octanol–water partition coefficient (Wildman–Crippen LogP) is 4.35. The quantitative estimate of drug-likeness (QED) is 0.778. The summed E-state index contributed by atoms with van der Waals surface area (Å²) in [5, 5.41) is 1.30. The second-order valence-electron chi connectivity index (χ2n) is 3.69. The third-order valence-corrected chi connectivity index (χ3v) is 3.16. The van der Waals surface area contributed by atoms with Crippen LogP contribution in [0.1, 0.15) is 11.1 Å². The fourth-order valence-corrected chi connectivity index (χ4v) is 2.12. The number of benzene rings is 1. The normalized spacial score (nSPS) is 10.4. The maximum Gasteiger partial charge on any atom is 0.141 e. The van der Waals surface area contributed by atoms with Crippen LogP contribution in [0.15, 0.2) is 36.7 Å². The second kappa shape index (κ2) is 6.16. The predicted molar refractivity (Wildman–Crippen MR) is 72.6 cm³/mol. The Balaban J connectivity index is 2.10. The van der Waals surface area contributed by atoms with Gasteiger partial charge in [0.15, 0.2) is 0 Å². The molecule has 1 heterocycles. The first-order chi connectivity index (χ1) is 8.69. The Morgan fingerprint density at radius 3 is 2.83 bits per heavy atom. The molecule has 5 heteroatoms. The average Bonchev–Trinajstić information content (AvgIpc) is 2.37. The minimum atomic E-state index is -0.368. The number of pyridine rings is 1. The Morgan fingerprint density at radius 2 is 2.11 bits per heavy atom. The van der Waals surface area contributed by atoms with Gasteiger partial charge in [0.2, 0.25) is 0 Å². The lowest BCUT2D eigenvalue weighted by Crippen LogP contribution is -1.99. The van der Waals surface area contributed by atoms with Crippen molar-refractivity contribution < 1.29 is 9.13 Å². The second-order valence-corrected chi connectivity index (χ2v) is 4.68. The van der Waals surface area contributed by atoms with E-state index in [1.165, 1.54) is 6.07 Å². The summed E-state index contributed by atoms with van der Waals surface area (Å²) in [7, 11) is 0. The molecule has 0 aliphatic heterocycles. The van der Waals surface area contributed by atoms with Crippen LogP contribution >= 0.6 is 27.5 Å². The summed E-state index contributed by atoms with van der Waals surface area (Å²) in [6.07, 6.45) is 2.74. The lowest BCUT2D eigenvalue weighted by molar-refractivity contribution is 0.303. The molecule has 0 unspecified atom stereocenters. The third kappa shape index (κ3) is 3.43. The van der Waals surface area contributed by atoms with Crippen LogP contribution in [-0.4, -0.2) is 4.98 Å². The van der Waals surface area contributed by atoms with Crippen molar-refractivity contribution in [3.8, 4) is 5.75 Å². The Kier molecular flexibility index (Phi) is 4.55. The number of alkyl halides is 1. The van der Waals surface area contributed by atoms with E-state index >= 15 is 0 Å². The van der Waals surface area contributed by atoms with Gasteiger partial charge in [0.25, 0.3) is 0 Å². The van der Waals surface area contributed by atoms with Crippen LogP contribution in [-0.2, 0) is 11.9 Å². The van der Waals surface area contributed by atoms with Crippen molar-refractivity contribution in [3.05, 3.63) is 58.6 Å². The van der Waals surface area contributed by atoms with E-state index in [0.717, 1.165) is 17.5 Å². The van der Waals surface area contributed by atoms with Crippen LogP contribution in [0.25, 0.3) is 0 Å². The molecule has 0 spiro atoms. The number of hydrogen-bond acceptors (Lipinski definition) is 2. The summed E-state index contributed by atoms with van der Waals surface area (Å²) in [6, 6.07) is 6.78. The van der Waals surface area contributed by atoms with Crippen LogP contribution < -0.4 is 4.74 Å². The summed E-state index contributed by atoms with van der Waals surface area (Å²) in [4.78, 5) is 3.77. The highest BCUT2D eigenvalue weighted by Gasteiger charge is 2.04. The molecule has 0 N–H and O–H groups in total. The van der Waals surface area contributed by atoms with E-state index in [1.807, 2.05) is 6.07 Å². The van der Waals surface area contributed by atoms with Gasteiger partial charge in [-0.05, 0) is 24.3 Å². The first kappa shape index (κ1) is 13.3. The zero-order valence-corrected chi connectivity index (χ0v) is 11.7. The molecule has 0 bridgehead atoms. The number of rotatable bonds is 4. The van der Waals surface area contributed by atoms with Gasteiger partial charge in [-0.3, -0.25) is 4.98 Å². The van der Waals surface area contributed by atoms with Crippen LogP contribution in [0, 0.1) is 5.82 Å². The molecule has 1 aromatic carbocycles. The van der Waals surface area contributed by atoms with Gasteiger partial charge in [-0.1, -0.05) is 27.5 Å². The number of aromatic nitrogens is 1. The van der Waals surface area contributed by atoms with Gasteiger partial charge >= 0.3 is 0 Å². The summed E-state index contributed by atoms with van der Waals surface area (Å²) in [5.41, 5.74) is 1.64. The van der Waals surface area contributed by atoms with Crippen LogP contribution in [0.2, 0.25) is 5.02 Å². The van der Waals surface area contributed by atoms with Gasteiger partial charge in [0.1, 0.15) is 18.2 Å². The number of hydrogen-bond donors (Lipinski definition) is 0. The summed E-state index contributed by atoms with van der Waals surface area (Å²) < 4.78 is 18.6. The molecule has 2 aromatic rings. The van der Waals surface area contributed by atoms with Crippen LogP contribution in [0.5, 0.6) is 5.75 Å². The SMILES string of the molecule is Fc1cncc(COc2ccc(Cl)cc2CBr)c1. The van der Waals surface area contributed by atoms with E-state index in [-0.39, 0.29) is 12.4 Å². The zero-order chi connectivity index (χ0) is 13.0.